The Bertz CT molecular complexity index is 458. The predicted octanol–water partition coefficient (Wildman–Crippen LogP) is 2.34. The first-order valence-corrected chi connectivity index (χ1v) is 6.28. The molecule has 1 atom stereocenters. The fourth-order valence-electron chi connectivity index (χ4n) is 2.40. The molecule has 1 N–H and O–H groups in total. The molecule has 0 bridgehead atoms. The van der Waals surface area contributed by atoms with Crippen molar-refractivity contribution in [1.82, 2.24) is 10.2 Å². The van der Waals surface area contributed by atoms with Gasteiger partial charge in [-0.3, -0.25) is 4.90 Å². The topological polar surface area (TPSA) is 24.5 Å². The lowest BCUT2D eigenvalue weighted by atomic mass is 10.0. The molecule has 1 aromatic rings. The van der Waals surface area contributed by atoms with E-state index in [1.807, 2.05) is 0 Å². The maximum Gasteiger partial charge on any atom is 0.408 e. The number of nitrogens with zero attached hydrogens (tertiary/aromatic N) is 1. The van der Waals surface area contributed by atoms with Gasteiger partial charge in [0.2, 0.25) is 0 Å². The van der Waals surface area contributed by atoms with E-state index in [2.05, 4.69) is 5.32 Å². The van der Waals surface area contributed by atoms with Crippen molar-refractivity contribution < 1.29 is 22.3 Å². The SMILES string of the molecule is COc1ccc([C@@H](N2CCNCC2)C(F)(F)F)cc1F. The Morgan fingerprint density at radius 1 is 1.25 bits per heavy atom. The van der Waals surface area contributed by atoms with Crippen LogP contribution in [0.3, 0.4) is 0 Å². The van der Waals surface area contributed by atoms with Gasteiger partial charge in [0, 0.05) is 26.2 Å². The Hall–Kier alpha value is -1.34. The van der Waals surface area contributed by atoms with E-state index in [9.17, 15) is 17.6 Å². The minimum Gasteiger partial charge on any atom is -0.494 e. The smallest absolute Gasteiger partial charge is 0.408 e. The highest BCUT2D eigenvalue weighted by molar-refractivity contribution is 5.31. The minimum atomic E-state index is -4.45. The van der Waals surface area contributed by atoms with Crippen LogP contribution in [0.25, 0.3) is 0 Å². The third-order valence-corrected chi connectivity index (χ3v) is 3.32. The Balaban J connectivity index is 2.33. The number of hydrogen-bond acceptors (Lipinski definition) is 3. The van der Waals surface area contributed by atoms with E-state index < -0.39 is 18.0 Å². The number of rotatable bonds is 3. The zero-order chi connectivity index (χ0) is 14.8. The number of ether oxygens (including phenoxy) is 1. The molecule has 1 heterocycles. The van der Waals surface area contributed by atoms with E-state index in [4.69, 9.17) is 4.74 Å². The van der Waals surface area contributed by atoms with Gasteiger partial charge in [0.1, 0.15) is 6.04 Å². The number of benzene rings is 1. The second-order valence-electron chi connectivity index (χ2n) is 4.62. The maximum absolute atomic E-state index is 13.6. The molecule has 0 radical (unpaired) electrons. The number of piperazine rings is 1. The zero-order valence-corrected chi connectivity index (χ0v) is 11.0. The molecule has 1 aliphatic heterocycles. The van der Waals surface area contributed by atoms with E-state index in [-0.39, 0.29) is 24.4 Å². The molecular formula is C13H16F4N2O. The van der Waals surface area contributed by atoms with Gasteiger partial charge in [0.15, 0.2) is 11.6 Å². The molecule has 0 unspecified atom stereocenters. The average Bonchev–Trinajstić information content (AvgIpc) is 2.39. The number of nitrogens with one attached hydrogen (secondary N) is 1. The molecule has 0 aliphatic carbocycles. The summed E-state index contributed by atoms with van der Waals surface area (Å²) < 4.78 is 58.2. The van der Waals surface area contributed by atoms with Crippen molar-refractivity contribution in [1.29, 1.82) is 0 Å². The van der Waals surface area contributed by atoms with Gasteiger partial charge in [0.25, 0.3) is 0 Å². The summed E-state index contributed by atoms with van der Waals surface area (Å²) in [4.78, 5) is 1.32. The standard InChI is InChI=1S/C13H16F4N2O/c1-20-11-3-2-9(8-10(11)14)12(13(15,16)17)19-6-4-18-5-7-19/h2-3,8,12,18H,4-7H2,1H3/t12-/m1/s1. The molecule has 2 rings (SSSR count). The van der Waals surface area contributed by atoms with Crippen molar-refractivity contribution in [3.8, 4) is 5.75 Å². The van der Waals surface area contributed by atoms with Gasteiger partial charge < -0.3 is 10.1 Å². The molecule has 112 valence electrons. The molecule has 1 aliphatic rings. The number of alkyl halides is 3. The van der Waals surface area contributed by atoms with Crippen molar-refractivity contribution in [2.24, 2.45) is 0 Å². The normalized spacial score (nSPS) is 18.9. The van der Waals surface area contributed by atoms with E-state index in [1.54, 1.807) is 0 Å². The third kappa shape index (κ3) is 3.21. The fraction of sp³-hybridized carbons (Fsp3) is 0.538. The summed E-state index contributed by atoms with van der Waals surface area (Å²) in [5.74, 6) is -0.843. The number of methoxy groups -OCH3 is 1. The van der Waals surface area contributed by atoms with Gasteiger partial charge in [-0.1, -0.05) is 6.07 Å². The molecule has 0 saturated carbocycles. The monoisotopic (exact) mass is 292 g/mol. The largest absolute Gasteiger partial charge is 0.494 e. The molecule has 7 heteroatoms. The molecular weight excluding hydrogens is 276 g/mol. The Kier molecular flexibility index (Phi) is 4.49. The molecule has 0 aromatic heterocycles. The summed E-state index contributed by atoms with van der Waals surface area (Å²) in [6.45, 7) is 1.53. The lowest BCUT2D eigenvalue weighted by Gasteiger charge is -2.36. The second-order valence-corrected chi connectivity index (χ2v) is 4.62. The average molecular weight is 292 g/mol. The van der Waals surface area contributed by atoms with Gasteiger partial charge in [-0.05, 0) is 17.7 Å². The lowest BCUT2D eigenvalue weighted by molar-refractivity contribution is -0.187. The van der Waals surface area contributed by atoms with Gasteiger partial charge in [-0.15, -0.1) is 0 Å². The van der Waals surface area contributed by atoms with Crippen LogP contribution < -0.4 is 10.1 Å². The molecule has 20 heavy (non-hydrogen) atoms. The molecule has 3 nitrogen and oxygen atoms in total. The van der Waals surface area contributed by atoms with Crippen molar-refractivity contribution >= 4 is 0 Å². The van der Waals surface area contributed by atoms with Gasteiger partial charge >= 0.3 is 6.18 Å². The molecule has 1 saturated heterocycles. The first kappa shape index (κ1) is 15.1. The summed E-state index contributed by atoms with van der Waals surface area (Å²) in [7, 11) is 1.27. The van der Waals surface area contributed by atoms with Gasteiger partial charge in [0.05, 0.1) is 7.11 Å². The van der Waals surface area contributed by atoms with Crippen LogP contribution in [0.2, 0.25) is 0 Å². The second kappa shape index (κ2) is 5.97. The van der Waals surface area contributed by atoms with E-state index in [0.29, 0.717) is 13.1 Å². The number of hydrogen-bond donors (Lipinski definition) is 1. The summed E-state index contributed by atoms with van der Waals surface area (Å²) in [6.07, 6.45) is -4.45. The molecule has 0 amide bonds. The van der Waals surface area contributed by atoms with Crippen LogP contribution in [0.4, 0.5) is 17.6 Å². The van der Waals surface area contributed by atoms with E-state index in [1.165, 1.54) is 24.1 Å². The molecule has 1 aromatic carbocycles. The van der Waals surface area contributed by atoms with Crippen LogP contribution >= 0.6 is 0 Å². The zero-order valence-electron chi connectivity index (χ0n) is 11.0. The minimum absolute atomic E-state index is 0.0602. The predicted molar refractivity (Wildman–Crippen MR) is 66.2 cm³/mol. The third-order valence-electron chi connectivity index (χ3n) is 3.32. The number of halogens is 4. The van der Waals surface area contributed by atoms with E-state index >= 15 is 0 Å². The highest BCUT2D eigenvalue weighted by Crippen LogP contribution is 2.38. The summed E-state index contributed by atoms with van der Waals surface area (Å²) in [6, 6.07) is 1.61. The molecule has 1 fully saturated rings. The van der Waals surface area contributed by atoms with Crippen LogP contribution in [0.5, 0.6) is 5.75 Å². The first-order chi connectivity index (χ1) is 9.43. The Morgan fingerprint density at radius 3 is 2.40 bits per heavy atom. The first-order valence-electron chi connectivity index (χ1n) is 6.28. The van der Waals surface area contributed by atoms with Crippen molar-refractivity contribution in [2.75, 3.05) is 33.3 Å². The summed E-state index contributed by atoms with van der Waals surface area (Å²) in [5.41, 5.74) is -0.0994. The maximum atomic E-state index is 13.6. The molecule has 0 spiro atoms. The van der Waals surface area contributed by atoms with E-state index in [0.717, 1.165) is 6.07 Å². The Morgan fingerprint density at radius 2 is 1.90 bits per heavy atom. The van der Waals surface area contributed by atoms with Crippen molar-refractivity contribution in [3.63, 3.8) is 0 Å². The van der Waals surface area contributed by atoms with Gasteiger partial charge in [-0.25, -0.2) is 4.39 Å². The Labute approximate surface area is 114 Å². The highest BCUT2D eigenvalue weighted by Gasteiger charge is 2.45. The van der Waals surface area contributed by atoms with Crippen LogP contribution in [0, 0.1) is 5.82 Å². The van der Waals surface area contributed by atoms with Crippen LogP contribution in [-0.2, 0) is 0 Å². The summed E-state index contributed by atoms with van der Waals surface area (Å²) >= 11 is 0. The van der Waals surface area contributed by atoms with Gasteiger partial charge in [-0.2, -0.15) is 13.2 Å². The summed E-state index contributed by atoms with van der Waals surface area (Å²) in [5, 5.41) is 3.00. The quantitative estimate of drug-likeness (QED) is 0.866. The van der Waals surface area contributed by atoms with Crippen molar-refractivity contribution in [2.45, 2.75) is 12.2 Å². The highest BCUT2D eigenvalue weighted by atomic mass is 19.4. The van der Waals surface area contributed by atoms with Crippen LogP contribution in [0.1, 0.15) is 11.6 Å². The van der Waals surface area contributed by atoms with Crippen LogP contribution in [0.15, 0.2) is 18.2 Å². The lowest BCUT2D eigenvalue weighted by Crippen LogP contribution is -2.49. The van der Waals surface area contributed by atoms with Crippen molar-refractivity contribution in [3.05, 3.63) is 29.6 Å². The van der Waals surface area contributed by atoms with Crippen LogP contribution in [-0.4, -0.2) is 44.4 Å². The fourth-order valence-corrected chi connectivity index (χ4v) is 2.40.